The number of aryl methyl sites for hydroxylation is 1. The van der Waals surface area contributed by atoms with Gasteiger partial charge in [0.05, 0.1) is 25.4 Å². The molecule has 0 fully saturated rings. The van der Waals surface area contributed by atoms with E-state index < -0.39 is 0 Å². The number of carbonyl (C=O) groups is 1. The third-order valence-electron chi connectivity index (χ3n) is 5.40. The van der Waals surface area contributed by atoms with Gasteiger partial charge in [-0.2, -0.15) is 0 Å². The number of anilines is 1. The number of benzene rings is 3. The molecule has 0 saturated carbocycles. The number of para-hydroxylation sites is 2. The van der Waals surface area contributed by atoms with E-state index >= 15 is 0 Å². The second kappa shape index (κ2) is 10.0. The van der Waals surface area contributed by atoms with E-state index in [4.69, 9.17) is 19.2 Å². The summed E-state index contributed by atoms with van der Waals surface area (Å²) in [5.74, 6) is 1.64. The van der Waals surface area contributed by atoms with Crippen LogP contribution < -0.4 is 19.5 Å². The highest BCUT2D eigenvalue weighted by Crippen LogP contribution is 2.35. The summed E-state index contributed by atoms with van der Waals surface area (Å²) in [4.78, 5) is 17.5. The summed E-state index contributed by atoms with van der Waals surface area (Å²) in [5.41, 5.74) is 4.30. The molecule has 0 aliphatic heterocycles. The van der Waals surface area contributed by atoms with E-state index in [-0.39, 0.29) is 12.5 Å². The maximum atomic E-state index is 12.7. The third-order valence-corrected chi connectivity index (χ3v) is 5.40. The van der Waals surface area contributed by atoms with Crippen LogP contribution in [0.2, 0.25) is 0 Å². The molecule has 168 valence electrons. The van der Waals surface area contributed by atoms with Gasteiger partial charge in [0.1, 0.15) is 17.2 Å². The lowest BCUT2D eigenvalue weighted by Gasteiger charge is -2.17. The Bertz CT molecular complexity index is 1270. The Balaban J connectivity index is 1.67. The minimum atomic E-state index is -0.282. The fourth-order valence-electron chi connectivity index (χ4n) is 3.74. The zero-order valence-corrected chi connectivity index (χ0v) is 18.9. The first-order valence-electron chi connectivity index (χ1n) is 10.7. The highest BCUT2D eigenvalue weighted by atomic mass is 16.5. The molecule has 4 rings (SSSR count). The number of aromatic nitrogens is 1. The molecule has 0 unspecified atom stereocenters. The van der Waals surface area contributed by atoms with Crippen molar-refractivity contribution in [3.8, 4) is 17.2 Å². The van der Waals surface area contributed by atoms with E-state index in [1.807, 2.05) is 55.5 Å². The second-order valence-electron chi connectivity index (χ2n) is 7.59. The van der Waals surface area contributed by atoms with Gasteiger partial charge in [-0.25, -0.2) is 0 Å². The molecule has 0 aliphatic carbocycles. The maximum absolute atomic E-state index is 12.7. The number of hydrogen-bond acceptors (Lipinski definition) is 5. The molecule has 33 heavy (non-hydrogen) atoms. The van der Waals surface area contributed by atoms with Crippen molar-refractivity contribution in [1.82, 2.24) is 4.98 Å². The number of nitrogens with zero attached hydrogens (tertiary/aromatic N) is 1. The summed E-state index contributed by atoms with van der Waals surface area (Å²) < 4.78 is 16.9. The minimum absolute atomic E-state index is 0.157. The van der Waals surface area contributed by atoms with Gasteiger partial charge < -0.3 is 19.5 Å². The normalized spacial score (nSPS) is 10.6. The van der Waals surface area contributed by atoms with E-state index in [1.54, 1.807) is 26.4 Å². The Morgan fingerprint density at radius 1 is 0.939 bits per heavy atom. The van der Waals surface area contributed by atoms with Gasteiger partial charge in [0.25, 0.3) is 5.91 Å². The Morgan fingerprint density at radius 2 is 1.70 bits per heavy atom. The molecule has 6 heteroatoms. The van der Waals surface area contributed by atoms with Crippen LogP contribution in [0.15, 0.2) is 72.8 Å². The zero-order chi connectivity index (χ0) is 23.2. The lowest BCUT2D eigenvalue weighted by molar-refractivity contribution is -0.118. The largest absolute Gasteiger partial charge is 0.497 e. The number of hydrogen-bond donors (Lipinski definition) is 1. The van der Waals surface area contributed by atoms with Crippen molar-refractivity contribution in [1.29, 1.82) is 0 Å². The molecule has 0 bridgehead atoms. The summed E-state index contributed by atoms with van der Waals surface area (Å²) in [7, 11) is 3.19. The molecule has 0 spiro atoms. The molecular formula is C27H26N2O4. The Morgan fingerprint density at radius 3 is 2.45 bits per heavy atom. The topological polar surface area (TPSA) is 69.7 Å². The van der Waals surface area contributed by atoms with Gasteiger partial charge >= 0.3 is 0 Å². The van der Waals surface area contributed by atoms with Crippen LogP contribution in [0, 0.1) is 6.92 Å². The Hall–Kier alpha value is -4.06. The lowest BCUT2D eigenvalue weighted by atomic mass is 10.00. The molecular weight excluding hydrogens is 416 g/mol. The van der Waals surface area contributed by atoms with Crippen LogP contribution in [0.25, 0.3) is 10.9 Å². The summed E-state index contributed by atoms with van der Waals surface area (Å²) in [5, 5.41) is 3.66. The van der Waals surface area contributed by atoms with E-state index in [9.17, 15) is 4.79 Å². The van der Waals surface area contributed by atoms with Crippen molar-refractivity contribution in [3.63, 3.8) is 0 Å². The molecule has 6 nitrogen and oxygen atoms in total. The van der Waals surface area contributed by atoms with E-state index in [1.165, 1.54) is 0 Å². The predicted molar refractivity (Wildman–Crippen MR) is 129 cm³/mol. The van der Waals surface area contributed by atoms with Crippen LogP contribution in [-0.4, -0.2) is 31.7 Å². The predicted octanol–water partition coefficient (Wildman–Crippen LogP) is 5.17. The second-order valence-corrected chi connectivity index (χ2v) is 7.59. The summed E-state index contributed by atoms with van der Waals surface area (Å²) in [6.07, 6.45) is 0.635. The number of fused-ring (bicyclic) bond motifs is 1. The van der Waals surface area contributed by atoms with Crippen LogP contribution in [0.4, 0.5) is 5.69 Å². The van der Waals surface area contributed by atoms with Gasteiger partial charge in [0.15, 0.2) is 6.61 Å². The van der Waals surface area contributed by atoms with Gasteiger partial charge in [0.2, 0.25) is 0 Å². The van der Waals surface area contributed by atoms with E-state index in [0.29, 0.717) is 29.4 Å². The van der Waals surface area contributed by atoms with Crippen molar-refractivity contribution in [2.75, 3.05) is 26.1 Å². The van der Waals surface area contributed by atoms with Crippen LogP contribution in [-0.2, 0) is 11.2 Å². The first-order chi connectivity index (χ1) is 16.1. The van der Waals surface area contributed by atoms with Crippen LogP contribution >= 0.6 is 0 Å². The summed E-state index contributed by atoms with van der Waals surface area (Å²) in [6, 6.07) is 23.0. The van der Waals surface area contributed by atoms with Crippen molar-refractivity contribution in [2.24, 2.45) is 0 Å². The van der Waals surface area contributed by atoms with Crippen LogP contribution in [0.5, 0.6) is 17.2 Å². The number of carbonyl (C=O) groups excluding carboxylic acids is 1. The van der Waals surface area contributed by atoms with Crippen molar-refractivity contribution < 1.29 is 19.0 Å². The number of nitrogens with one attached hydrogen (secondary N) is 1. The monoisotopic (exact) mass is 442 g/mol. The number of rotatable bonds is 8. The first-order valence-corrected chi connectivity index (χ1v) is 10.7. The number of pyridine rings is 1. The average Bonchev–Trinajstić information content (AvgIpc) is 2.84. The lowest BCUT2D eigenvalue weighted by Crippen LogP contribution is -2.21. The number of ether oxygens (including phenoxy) is 3. The van der Waals surface area contributed by atoms with Gasteiger partial charge in [-0.05, 0) is 42.8 Å². The van der Waals surface area contributed by atoms with Crippen LogP contribution in [0.1, 0.15) is 16.8 Å². The molecule has 1 amide bonds. The SMILES string of the molecule is COc1ccc2nc(C)c(Cc3ccccc3)c(OCC(=O)Nc3ccccc3OC)c2c1. The molecule has 0 radical (unpaired) electrons. The molecule has 1 aromatic heterocycles. The highest BCUT2D eigenvalue weighted by molar-refractivity contribution is 5.94. The van der Waals surface area contributed by atoms with Crippen molar-refractivity contribution in [3.05, 3.63) is 89.6 Å². The summed E-state index contributed by atoms with van der Waals surface area (Å²) >= 11 is 0. The first kappa shape index (κ1) is 22.1. The maximum Gasteiger partial charge on any atom is 0.262 e. The highest BCUT2D eigenvalue weighted by Gasteiger charge is 2.17. The molecule has 1 N–H and O–H groups in total. The molecule has 0 saturated heterocycles. The number of amides is 1. The summed E-state index contributed by atoms with van der Waals surface area (Å²) in [6.45, 7) is 1.80. The van der Waals surface area contributed by atoms with Crippen molar-refractivity contribution >= 4 is 22.5 Å². The molecule has 0 atom stereocenters. The van der Waals surface area contributed by atoms with Gasteiger partial charge in [-0.15, -0.1) is 0 Å². The zero-order valence-electron chi connectivity index (χ0n) is 18.9. The number of methoxy groups -OCH3 is 2. The minimum Gasteiger partial charge on any atom is -0.497 e. The third kappa shape index (κ3) is 5.06. The van der Waals surface area contributed by atoms with Gasteiger partial charge in [-0.1, -0.05) is 42.5 Å². The molecule has 4 aromatic rings. The van der Waals surface area contributed by atoms with E-state index in [0.717, 1.165) is 27.7 Å². The van der Waals surface area contributed by atoms with Gasteiger partial charge in [0, 0.05) is 23.1 Å². The van der Waals surface area contributed by atoms with Gasteiger partial charge in [-0.3, -0.25) is 9.78 Å². The quantitative estimate of drug-likeness (QED) is 0.408. The Kier molecular flexibility index (Phi) is 6.74. The van der Waals surface area contributed by atoms with Crippen LogP contribution in [0.3, 0.4) is 0 Å². The molecule has 0 aliphatic rings. The fourth-order valence-corrected chi connectivity index (χ4v) is 3.74. The smallest absolute Gasteiger partial charge is 0.262 e. The Labute approximate surface area is 193 Å². The molecule has 3 aromatic carbocycles. The standard InChI is InChI=1S/C27H26N2O4/c1-18-21(15-19-9-5-4-6-10-19)27(22-16-20(31-2)13-14-23(22)28-18)33-17-26(30)29-24-11-7-8-12-25(24)32-3/h4-14,16H,15,17H2,1-3H3,(H,29,30). The molecule has 1 heterocycles. The van der Waals surface area contributed by atoms with Crippen molar-refractivity contribution in [2.45, 2.75) is 13.3 Å². The fraction of sp³-hybridized carbons (Fsp3) is 0.185. The average molecular weight is 443 g/mol. The van der Waals surface area contributed by atoms with E-state index in [2.05, 4.69) is 17.4 Å².